The average Bonchev–Trinajstić information content (AvgIpc) is 2.85. The van der Waals surface area contributed by atoms with E-state index in [0.717, 1.165) is 0 Å². The Morgan fingerprint density at radius 1 is 0.656 bits per heavy atom. The summed E-state index contributed by atoms with van der Waals surface area (Å²) in [5.74, 6) is 0.0600. The molecule has 4 rings (SSSR count). The third kappa shape index (κ3) is 4.77. The molecule has 2 aromatic carbocycles. The first-order chi connectivity index (χ1) is 15.5. The molecule has 7 heteroatoms. The predicted octanol–water partition coefficient (Wildman–Crippen LogP) is 2.98. The summed E-state index contributed by atoms with van der Waals surface area (Å²) in [6, 6.07) is 18.2. The summed E-state index contributed by atoms with van der Waals surface area (Å²) < 4.78 is 0. The van der Waals surface area contributed by atoms with E-state index in [2.05, 4.69) is 0 Å². The topological polar surface area (TPSA) is 87.0 Å². The third-order valence-electron chi connectivity index (χ3n) is 6.59. The molecule has 2 aromatic rings. The third-order valence-corrected chi connectivity index (χ3v) is 6.59. The van der Waals surface area contributed by atoms with Gasteiger partial charge in [-0.1, -0.05) is 36.4 Å². The Labute approximate surface area is 188 Å². The summed E-state index contributed by atoms with van der Waals surface area (Å²) in [5.41, 5.74) is 7.17. The Hall–Kier alpha value is -3.35. The fourth-order valence-corrected chi connectivity index (χ4v) is 4.88. The van der Waals surface area contributed by atoms with Crippen LogP contribution in [0, 0.1) is 0 Å². The summed E-state index contributed by atoms with van der Waals surface area (Å²) in [5, 5.41) is 0. The van der Waals surface area contributed by atoms with E-state index in [9.17, 15) is 14.4 Å². The Kier molecular flexibility index (Phi) is 6.73. The molecule has 2 aliphatic rings. The van der Waals surface area contributed by atoms with Crippen molar-refractivity contribution in [2.24, 2.45) is 5.73 Å². The standard InChI is InChI=1S/C25H30N4O3/c26-25(32)29(21-11-15-27(16-12-21)23(30)19-7-3-1-4-8-19)22-13-17-28(18-14-22)24(31)20-9-5-2-6-10-20/h1-10,21-22H,11-18H2,(H2,26,32). The smallest absolute Gasteiger partial charge is 0.315 e. The van der Waals surface area contributed by atoms with Gasteiger partial charge in [0.25, 0.3) is 11.8 Å². The van der Waals surface area contributed by atoms with Gasteiger partial charge in [-0.15, -0.1) is 0 Å². The van der Waals surface area contributed by atoms with Crippen LogP contribution >= 0.6 is 0 Å². The molecule has 0 unspecified atom stereocenters. The van der Waals surface area contributed by atoms with Gasteiger partial charge < -0.3 is 20.4 Å². The lowest BCUT2D eigenvalue weighted by Gasteiger charge is -2.44. The molecule has 0 spiro atoms. The maximum Gasteiger partial charge on any atom is 0.315 e. The van der Waals surface area contributed by atoms with Gasteiger partial charge in [0.2, 0.25) is 0 Å². The van der Waals surface area contributed by atoms with Crippen molar-refractivity contribution in [1.82, 2.24) is 14.7 Å². The molecule has 2 aliphatic heterocycles. The van der Waals surface area contributed by atoms with Crippen LogP contribution in [0.15, 0.2) is 60.7 Å². The van der Waals surface area contributed by atoms with Crippen molar-refractivity contribution >= 4 is 17.8 Å². The van der Waals surface area contributed by atoms with E-state index in [4.69, 9.17) is 5.73 Å². The lowest BCUT2D eigenvalue weighted by molar-refractivity contribution is 0.0495. The van der Waals surface area contributed by atoms with Gasteiger partial charge in [-0.25, -0.2) is 4.79 Å². The Balaban J connectivity index is 1.33. The van der Waals surface area contributed by atoms with Gasteiger partial charge in [0.15, 0.2) is 0 Å². The Morgan fingerprint density at radius 2 is 1.00 bits per heavy atom. The zero-order valence-electron chi connectivity index (χ0n) is 18.2. The Morgan fingerprint density at radius 3 is 1.31 bits per heavy atom. The summed E-state index contributed by atoms with van der Waals surface area (Å²) in [6.45, 7) is 2.42. The average molecular weight is 435 g/mol. The zero-order chi connectivity index (χ0) is 22.5. The molecule has 0 aromatic heterocycles. The number of hydrogen-bond donors (Lipinski definition) is 1. The van der Waals surface area contributed by atoms with E-state index in [0.29, 0.717) is 63.0 Å². The number of rotatable bonds is 4. The van der Waals surface area contributed by atoms with E-state index in [1.807, 2.05) is 75.4 Å². The number of likely N-dealkylation sites (tertiary alicyclic amines) is 2. The lowest BCUT2D eigenvalue weighted by Crippen LogP contribution is -2.57. The number of benzene rings is 2. The van der Waals surface area contributed by atoms with Crippen LogP contribution < -0.4 is 5.73 Å². The maximum absolute atomic E-state index is 12.7. The van der Waals surface area contributed by atoms with Gasteiger partial charge in [0.1, 0.15) is 0 Å². The van der Waals surface area contributed by atoms with Gasteiger partial charge in [-0.2, -0.15) is 0 Å². The molecule has 2 heterocycles. The van der Waals surface area contributed by atoms with E-state index in [1.165, 1.54) is 0 Å². The molecular formula is C25H30N4O3. The largest absolute Gasteiger partial charge is 0.351 e. The maximum atomic E-state index is 12.7. The number of carbonyl (C=O) groups is 3. The lowest BCUT2D eigenvalue weighted by atomic mass is 9.96. The highest BCUT2D eigenvalue weighted by Gasteiger charge is 2.35. The molecule has 0 bridgehead atoms. The van der Waals surface area contributed by atoms with E-state index < -0.39 is 6.03 Å². The first-order valence-electron chi connectivity index (χ1n) is 11.3. The molecule has 2 saturated heterocycles. The van der Waals surface area contributed by atoms with Crippen molar-refractivity contribution in [3.8, 4) is 0 Å². The van der Waals surface area contributed by atoms with Crippen LogP contribution in [-0.2, 0) is 0 Å². The van der Waals surface area contributed by atoms with Gasteiger partial charge >= 0.3 is 6.03 Å². The highest BCUT2D eigenvalue weighted by Crippen LogP contribution is 2.26. The summed E-state index contributed by atoms with van der Waals surface area (Å²) in [7, 11) is 0. The van der Waals surface area contributed by atoms with Crippen LogP contribution in [0.25, 0.3) is 0 Å². The second kappa shape index (κ2) is 9.85. The number of nitrogens with zero attached hydrogens (tertiary/aromatic N) is 3. The van der Waals surface area contributed by atoms with Crippen LogP contribution in [-0.4, -0.2) is 70.8 Å². The van der Waals surface area contributed by atoms with E-state index in [1.54, 1.807) is 0 Å². The van der Waals surface area contributed by atoms with Crippen molar-refractivity contribution < 1.29 is 14.4 Å². The number of carbonyl (C=O) groups excluding carboxylic acids is 3. The fraction of sp³-hybridized carbons (Fsp3) is 0.400. The van der Waals surface area contributed by atoms with Crippen LogP contribution in [0.2, 0.25) is 0 Å². The van der Waals surface area contributed by atoms with Crippen molar-refractivity contribution in [3.63, 3.8) is 0 Å². The summed E-state index contributed by atoms with van der Waals surface area (Å²) in [4.78, 5) is 43.3. The molecule has 7 nitrogen and oxygen atoms in total. The van der Waals surface area contributed by atoms with Gasteiger partial charge in [-0.3, -0.25) is 9.59 Å². The minimum absolute atomic E-state index is 0.0219. The molecule has 0 aliphatic carbocycles. The number of hydrogen-bond acceptors (Lipinski definition) is 3. The summed E-state index contributed by atoms with van der Waals surface area (Å²) >= 11 is 0. The first-order valence-corrected chi connectivity index (χ1v) is 11.3. The van der Waals surface area contributed by atoms with Gasteiger partial charge in [-0.05, 0) is 49.9 Å². The fourth-order valence-electron chi connectivity index (χ4n) is 4.88. The van der Waals surface area contributed by atoms with Crippen LogP contribution in [0.4, 0.5) is 4.79 Å². The van der Waals surface area contributed by atoms with Crippen LogP contribution in [0.3, 0.4) is 0 Å². The monoisotopic (exact) mass is 434 g/mol. The molecule has 2 fully saturated rings. The van der Waals surface area contributed by atoms with Crippen molar-refractivity contribution in [2.75, 3.05) is 26.2 Å². The minimum Gasteiger partial charge on any atom is -0.351 e. The van der Waals surface area contributed by atoms with Crippen LogP contribution in [0.5, 0.6) is 0 Å². The quantitative estimate of drug-likeness (QED) is 0.803. The van der Waals surface area contributed by atoms with Gasteiger partial charge in [0, 0.05) is 49.4 Å². The SMILES string of the molecule is NC(=O)N(C1CCN(C(=O)c2ccccc2)CC1)C1CCN(C(=O)c2ccccc2)CC1. The number of urea groups is 1. The summed E-state index contributed by atoms with van der Waals surface area (Å²) in [6.07, 6.45) is 2.85. The molecule has 0 saturated carbocycles. The normalized spacial score (nSPS) is 17.8. The number of piperidine rings is 2. The second-order valence-electron chi connectivity index (χ2n) is 8.52. The number of amides is 4. The predicted molar refractivity (Wildman–Crippen MR) is 122 cm³/mol. The molecule has 0 atom stereocenters. The molecule has 32 heavy (non-hydrogen) atoms. The highest BCUT2D eigenvalue weighted by molar-refractivity contribution is 5.94. The van der Waals surface area contributed by atoms with Crippen molar-refractivity contribution in [1.29, 1.82) is 0 Å². The first kappa shape index (κ1) is 21.9. The van der Waals surface area contributed by atoms with Crippen molar-refractivity contribution in [3.05, 3.63) is 71.8 Å². The zero-order valence-corrected chi connectivity index (χ0v) is 18.2. The number of primary amides is 1. The molecular weight excluding hydrogens is 404 g/mol. The minimum atomic E-state index is -0.411. The van der Waals surface area contributed by atoms with Crippen LogP contribution in [0.1, 0.15) is 46.4 Å². The van der Waals surface area contributed by atoms with E-state index >= 15 is 0 Å². The molecule has 2 N–H and O–H groups in total. The van der Waals surface area contributed by atoms with Gasteiger partial charge in [0.05, 0.1) is 0 Å². The highest BCUT2D eigenvalue weighted by atomic mass is 16.2. The number of nitrogens with two attached hydrogens (primary N) is 1. The molecule has 4 amide bonds. The molecule has 0 radical (unpaired) electrons. The van der Waals surface area contributed by atoms with E-state index in [-0.39, 0.29) is 23.9 Å². The molecule has 168 valence electrons. The van der Waals surface area contributed by atoms with Crippen molar-refractivity contribution in [2.45, 2.75) is 37.8 Å². The Bertz CT molecular complexity index is 863. The second-order valence-corrected chi connectivity index (χ2v) is 8.52.